The van der Waals surface area contributed by atoms with Crippen molar-refractivity contribution in [3.05, 3.63) is 34.1 Å². The van der Waals surface area contributed by atoms with Crippen molar-refractivity contribution in [2.45, 2.75) is 46.8 Å². The van der Waals surface area contributed by atoms with E-state index in [2.05, 4.69) is 32.5 Å². The van der Waals surface area contributed by atoms with Crippen LogP contribution in [0.4, 0.5) is 75.4 Å². The molecule has 0 aliphatic carbocycles. The zero-order chi connectivity index (χ0) is 31.5. The number of rotatable bonds is 10. The normalized spacial score (nSPS) is 14.8. The molecule has 0 saturated heterocycles. The maximum absolute atomic E-state index is 14.1. The molecular weight excluding hydrogens is 712 g/mol. The van der Waals surface area contributed by atoms with E-state index < -0.39 is 57.9 Å². The molecule has 2 rings (SSSR count). The highest BCUT2D eigenvalue weighted by Crippen LogP contribution is 2.64. The number of anilines is 1. The summed E-state index contributed by atoms with van der Waals surface area (Å²) in [6.07, 6.45) is 0. The van der Waals surface area contributed by atoms with Crippen molar-refractivity contribution >= 4 is 49.9 Å². The maximum atomic E-state index is 14.1. The molecule has 1 aromatic heterocycles. The summed E-state index contributed by atoms with van der Waals surface area (Å²) in [6.45, 7) is 0. The Kier molecular flexibility index (Phi) is 8.59. The molecule has 1 aromatic carbocycles. The third-order valence-electron chi connectivity index (χ3n) is 4.87. The molecule has 0 aliphatic rings. The predicted octanol–water partition coefficient (Wildman–Crippen LogP) is 8.79. The van der Waals surface area contributed by atoms with Crippen LogP contribution >= 0.6 is 38.9 Å². The second-order valence-corrected chi connectivity index (χ2v) is 9.77. The maximum Gasteiger partial charge on any atom is 0.393 e. The molecule has 22 heteroatoms. The highest BCUT2D eigenvalue weighted by Gasteiger charge is 2.95. The van der Waals surface area contributed by atoms with Gasteiger partial charge >= 0.3 is 52.7 Å². The van der Waals surface area contributed by atoms with Crippen molar-refractivity contribution < 1.29 is 75.0 Å². The van der Waals surface area contributed by atoms with Crippen LogP contribution in [0.25, 0.3) is 11.3 Å². The fraction of sp³-hybridized carbons (Fsp3) is 0.444. The number of alkyl halides is 17. The van der Waals surface area contributed by atoms with E-state index in [-0.39, 0.29) is 22.6 Å². The Morgan fingerprint density at radius 2 is 1.10 bits per heavy atom. The second kappa shape index (κ2) is 10.1. The third kappa shape index (κ3) is 4.98. The van der Waals surface area contributed by atoms with Gasteiger partial charge in [0.1, 0.15) is 0 Å². The van der Waals surface area contributed by atoms with Gasteiger partial charge in [-0.3, -0.25) is 10.1 Å². The summed E-state index contributed by atoms with van der Waals surface area (Å²) in [6, 6.07) is 5.53. The van der Waals surface area contributed by atoms with Gasteiger partial charge in [0.2, 0.25) is 0 Å². The Morgan fingerprint density at radius 1 is 0.700 bits per heavy atom. The zero-order valence-electron chi connectivity index (χ0n) is 18.0. The number of nitrogens with zero attached hydrogens (tertiary/aromatic N) is 1. The van der Waals surface area contributed by atoms with Crippen molar-refractivity contribution in [3.63, 3.8) is 0 Å². The SMILES string of the molecule is O=C(Nc1nc(-c2ccc(Br)cc2)cs1)C(F)(F)C(F)(F)C(F)(F)C(F)(F)C(F)(F)C(F)(F)C(F)(F)C(F)(F)Cl. The summed E-state index contributed by atoms with van der Waals surface area (Å²) in [5, 5.41) is -6.16. The van der Waals surface area contributed by atoms with Crippen molar-refractivity contribution in [2.75, 3.05) is 5.32 Å². The number of carbonyl (C=O) groups is 1. The van der Waals surface area contributed by atoms with Crippen LogP contribution in [-0.4, -0.2) is 57.7 Å². The van der Waals surface area contributed by atoms with Gasteiger partial charge < -0.3 is 0 Å². The van der Waals surface area contributed by atoms with Gasteiger partial charge in [0, 0.05) is 15.4 Å². The lowest BCUT2D eigenvalue weighted by Crippen LogP contribution is -2.75. The number of thiazole rings is 1. The molecule has 0 saturated carbocycles. The van der Waals surface area contributed by atoms with E-state index in [4.69, 9.17) is 0 Å². The van der Waals surface area contributed by atoms with Crippen molar-refractivity contribution in [3.8, 4) is 11.3 Å². The van der Waals surface area contributed by atoms with Crippen molar-refractivity contribution in [1.29, 1.82) is 0 Å². The number of hydrogen-bond acceptors (Lipinski definition) is 3. The van der Waals surface area contributed by atoms with Crippen LogP contribution in [0, 0.1) is 0 Å². The monoisotopic (exact) mass is 716 g/mol. The lowest BCUT2D eigenvalue weighted by Gasteiger charge is -2.42. The van der Waals surface area contributed by atoms with Crippen LogP contribution in [-0.2, 0) is 4.79 Å². The molecule has 0 radical (unpaired) electrons. The van der Waals surface area contributed by atoms with E-state index in [1.165, 1.54) is 24.3 Å². The molecule has 0 spiro atoms. The number of halogens is 18. The number of benzene rings is 1. The van der Waals surface area contributed by atoms with Crippen LogP contribution in [0.3, 0.4) is 0 Å². The molecule has 1 N–H and O–H groups in total. The molecule has 1 heterocycles. The number of amides is 1. The van der Waals surface area contributed by atoms with Gasteiger partial charge in [-0.25, -0.2) is 4.98 Å². The summed E-state index contributed by atoms with van der Waals surface area (Å²) in [7, 11) is 0. The zero-order valence-corrected chi connectivity index (χ0v) is 21.1. The summed E-state index contributed by atoms with van der Waals surface area (Å²) < 4.78 is 217. The molecular formula is C18H6BrClF16N2OS. The predicted molar refractivity (Wildman–Crippen MR) is 109 cm³/mol. The van der Waals surface area contributed by atoms with Crippen LogP contribution in [0.15, 0.2) is 34.1 Å². The molecule has 1 amide bonds. The van der Waals surface area contributed by atoms with Gasteiger partial charge in [-0.15, -0.1) is 11.3 Å². The summed E-state index contributed by atoms with van der Waals surface area (Å²) in [5.74, 6) is -60.8. The molecule has 0 bridgehead atoms. The molecule has 0 fully saturated rings. The minimum Gasteiger partial charge on any atom is -0.296 e. The first-order chi connectivity index (χ1) is 17.6. The second-order valence-electron chi connectivity index (χ2n) is 7.52. The number of nitrogens with one attached hydrogen (secondary N) is 1. The van der Waals surface area contributed by atoms with Crippen molar-refractivity contribution in [1.82, 2.24) is 4.98 Å². The molecule has 0 atom stereocenters. The van der Waals surface area contributed by atoms with E-state index in [1.807, 2.05) is 0 Å². The Morgan fingerprint density at radius 3 is 1.52 bits per heavy atom. The highest BCUT2D eigenvalue weighted by atomic mass is 79.9. The van der Waals surface area contributed by atoms with Gasteiger partial charge in [0.05, 0.1) is 5.69 Å². The van der Waals surface area contributed by atoms with Crippen LogP contribution in [0.1, 0.15) is 0 Å². The fourth-order valence-corrected chi connectivity index (χ4v) is 3.66. The lowest BCUT2D eigenvalue weighted by molar-refractivity contribution is -0.445. The Labute approximate surface area is 227 Å². The molecule has 40 heavy (non-hydrogen) atoms. The van der Waals surface area contributed by atoms with E-state index >= 15 is 0 Å². The first-order valence-corrected chi connectivity index (χ1v) is 11.4. The minimum absolute atomic E-state index is 0.154. The van der Waals surface area contributed by atoms with E-state index in [0.717, 1.165) is 10.7 Å². The van der Waals surface area contributed by atoms with Gasteiger partial charge in [-0.2, -0.15) is 70.2 Å². The quantitative estimate of drug-likeness (QED) is 0.197. The van der Waals surface area contributed by atoms with E-state index in [1.54, 1.807) is 0 Å². The molecule has 0 unspecified atom stereocenters. The average Bonchev–Trinajstić information content (AvgIpc) is 3.26. The largest absolute Gasteiger partial charge is 0.393 e. The Bertz CT molecular complexity index is 1250. The van der Waals surface area contributed by atoms with E-state index in [9.17, 15) is 75.0 Å². The number of hydrogen-bond donors (Lipinski definition) is 1. The minimum atomic E-state index is -8.65. The van der Waals surface area contributed by atoms with Crippen molar-refractivity contribution in [2.24, 2.45) is 0 Å². The number of aromatic nitrogens is 1. The number of carbonyl (C=O) groups excluding carboxylic acids is 1. The Hall–Kier alpha value is -2.03. The van der Waals surface area contributed by atoms with Crippen LogP contribution in [0.2, 0.25) is 0 Å². The first-order valence-electron chi connectivity index (χ1n) is 9.35. The topological polar surface area (TPSA) is 42.0 Å². The first kappa shape index (κ1) is 34.2. The summed E-state index contributed by atoms with van der Waals surface area (Å²) in [5.41, 5.74) is 0.0457. The third-order valence-corrected chi connectivity index (χ3v) is 6.40. The molecule has 0 aliphatic heterocycles. The van der Waals surface area contributed by atoms with Gasteiger partial charge in [-0.05, 0) is 23.7 Å². The Balaban J connectivity index is 2.46. The summed E-state index contributed by atoms with van der Waals surface area (Å²) >= 11 is 6.68. The smallest absolute Gasteiger partial charge is 0.296 e. The summed E-state index contributed by atoms with van der Waals surface area (Å²) in [4.78, 5) is 15.1. The van der Waals surface area contributed by atoms with E-state index in [0.29, 0.717) is 4.47 Å². The van der Waals surface area contributed by atoms with Crippen LogP contribution < -0.4 is 5.32 Å². The molecule has 3 nitrogen and oxygen atoms in total. The fourth-order valence-electron chi connectivity index (χ4n) is 2.57. The highest BCUT2D eigenvalue weighted by molar-refractivity contribution is 9.10. The average molecular weight is 718 g/mol. The van der Waals surface area contributed by atoms with Gasteiger partial charge in [0.25, 0.3) is 0 Å². The van der Waals surface area contributed by atoms with Gasteiger partial charge in [0.15, 0.2) is 5.13 Å². The van der Waals surface area contributed by atoms with Crippen LogP contribution in [0.5, 0.6) is 0 Å². The molecule has 2 aromatic rings. The van der Waals surface area contributed by atoms with Gasteiger partial charge in [-0.1, -0.05) is 28.1 Å². The molecule has 226 valence electrons. The standard InChI is InChI=1S/C18H6BrClF16N2OS/c19-7-3-1-6(2-4-7)8-5-40-10(37-8)38-9(39)11(21,22)12(23,24)13(25,26)14(27,28)15(29,30)16(31,32)17(33,34)18(20,35)36/h1-5H,(H,37,38,39). The lowest BCUT2D eigenvalue weighted by atomic mass is 9.89.